The second kappa shape index (κ2) is 11.5. The highest BCUT2D eigenvalue weighted by molar-refractivity contribution is 7.80. The van der Waals surface area contributed by atoms with Crippen LogP contribution in [0.3, 0.4) is 0 Å². The van der Waals surface area contributed by atoms with E-state index >= 15 is 0 Å². The summed E-state index contributed by atoms with van der Waals surface area (Å²) in [6, 6.07) is 24.5. The van der Waals surface area contributed by atoms with Crippen LogP contribution in [0.5, 0.6) is 11.5 Å². The average molecular weight is 433 g/mol. The number of thiocarbonyl (C=S) groups is 1. The van der Waals surface area contributed by atoms with Crippen molar-refractivity contribution in [2.45, 2.75) is 6.42 Å². The molecule has 0 fully saturated rings. The van der Waals surface area contributed by atoms with Gasteiger partial charge in [0.1, 0.15) is 18.1 Å². The van der Waals surface area contributed by atoms with Gasteiger partial charge in [-0.2, -0.15) is 0 Å². The number of ether oxygens (including phenoxy) is 2. The standard InChI is InChI=1S/C25H24N2O3S/c1-2-17-29-23-15-9-7-13-21(23)26-25(31)27-24(28)20-12-6-8-14-22(20)30-18-16-19-10-4-3-5-11-19/h2-15H,1,16-18H2,(H2,26,27,28,31). The number of benzene rings is 3. The maximum absolute atomic E-state index is 12.8. The van der Waals surface area contributed by atoms with Gasteiger partial charge in [-0.05, 0) is 42.0 Å². The predicted molar refractivity (Wildman–Crippen MR) is 128 cm³/mol. The number of para-hydroxylation sites is 3. The first kappa shape index (κ1) is 22.1. The molecule has 5 nitrogen and oxygen atoms in total. The number of nitrogens with one attached hydrogen (secondary N) is 2. The molecule has 1 amide bonds. The van der Waals surface area contributed by atoms with Crippen molar-refractivity contribution < 1.29 is 14.3 Å². The molecule has 0 aromatic heterocycles. The van der Waals surface area contributed by atoms with Gasteiger partial charge < -0.3 is 14.8 Å². The third kappa shape index (κ3) is 6.69. The maximum atomic E-state index is 12.8. The molecule has 0 aliphatic heterocycles. The number of amides is 1. The van der Waals surface area contributed by atoms with E-state index in [-0.39, 0.29) is 11.0 Å². The summed E-state index contributed by atoms with van der Waals surface area (Å²) in [5.41, 5.74) is 2.24. The second-order valence-electron chi connectivity index (χ2n) is 6.58. The first-order valence-corrected chi connectivity index (χ1v) is 10.3. The number of carbonyl (C=O) groups excluding carboxylic acids is 1. The Morgan fingerprint density at radius 1 is 0.903 bits per heavy atom. The molecule has 0 aliphatic carbocycles. The smallest absolute Gasteiger partial charge is 0.261 e. The van der Waals surface area contributed by atoms with Gasteiger partial charge in [0.05, 0.1) is 17.9 Å². The van der Waals surface area contributed by atoms with Crippen molar-refractivity contribution in [1.82, 2.24) is 5.32 Å². The van der Waals surface area contributed by atoms with Crippen molar-refractivity contribution in [3.63, 3.8) is 0 Å². The van der Waals surface area contributed by atoms with Gasteiger partial charge in [-0.25, -0.2) is 0 Å². The molecule has 0 heterocycles. The van der Waals surface area contributed by atoms with E-state index in [4.69, 9.17) is 21.7 Å². The molecule has 0 unspecified atom stereocenters. The third-order valence-corrected chi connectivity index (χ3v) is 4.55. The normalized spacial score (nSPS) is 10.1. The van der Waals surface area contributed by atoms with Gasteiger partial charge in [-0.1, -0.05) is 67.3 Å². The van der Waals surface area contributed by atoms with E-state index in [9.17, 15) is 4.79 Å². The number of rotatable bonds is 9. The van der Waals surface area contributed by atoms with Crippen LogP contribution in [0.4, 0.5) is 5.69 Å². The topological polar surface area (TPSA) is 59.6 Å². The molecule has 3 aromatic carbocycles. The number of hydrogen-bond donors (Lipinski definition) is 2. The lowest BCUT2D eigenvalue weighted by Gasteiger charge is -2.15. The Hall–Kier alpha value is -3.64. The van der Waals surface area contributed by atoms with Gasteiger partial charge in [-0.3, -0.25) is 10.1 Å². The molecular weight excluding hydrogens is 408 g/mol. The Morgan fingerprint density at radius 3 is 2.35 bits per heavy atom. The minimum atomic E-state index is -0.350. The number of carbonyl (C=O) groups is 1. The highest BCUT2D eigenvalue weighted by Crippen LogP contribution is 2.24. The molecule has 2 N–H and O–H groups in total. The Morgan fingerprint density at radius 2 is 1.58 bits per heavy atom. The number of hydrogen-bond acceptors (Lipinski definition) is 4. The van der Waals surface area contributed by atoms with Gasteiger partial charge in [0.25, 0.3) is 5.91 Å². The van der Waals surface area contributed by atoms with Crippen LogP contribution >= 0.6 is 12.2 Å². The first-order chi connectivity index (χ1) is 15.2. The summed E-state index contributed by atoms with van der Waals surface area (Å²) in [6.45, 7) is 4.48. The van der Waals surface area contributed by atoms with Crippen LogP contribution in [0.2, 0.25) is 0 Å². The van der Waals surface area contributed by atoms with Crippen LogP contribution < -0.4 is 20.1 Å². The molecule has 0 spiro atoms. The molecule has 0 atom stereocenters. The molecule has 0 radical (unpaired) electrons. The van der Waals surface area contributed by atoms with Crippen LogP contribution in [-0.2, 0) is 6.42 Å². The van der Waals surface area contributed by atoms with Gasteiger partial charge in [0.15, 0.2) is 5.11 Å². The highest BCUT2D eigenvalue weighted by Gasteiger charge is 2.14. The largest absolute Gasteiger partial charge is 0.492 e. The second-order valence-corrected chi connectivity index (χ2v) is 6.99. The lowest BCUT2D eigenvalue weighted by atomic mass is 10.1. The lowest BCUT2D eigenvalue weighted by molar-refractivity contribution is 0.0974. The summed E-state index contributed by atoms with van der Waals surface area (Å²) in [5, 5.41) is 5.87. The van der Waals surface area contributed by atoms with Crippen LogP contribution in [-0.4, -0.2) is 24.2 Å². The van der Waals surface area contributed by atoms with Crippen molar-refractivity contribution in [2.75, 3.05) is 18.5 Å². The van der Waals surface area contributed by atoms with Crippen LogP contribution in [0, 0.1) is 0 Å². The molecular formula is C25H24N2O3S. The van der Waals surface area contributed by atoms with Crippen LogP contribution in [0.25, 0.3) is 0 Å². The number of anilines is 1. The fourth-order valence-electron chi connectivity index (χ4n) is 2.87. The van der Waals surface area contributed by atoms with Crippen LogP contribution in [0.1, 0.15) is 15.9 Å². The molecule has 0 saturated carbocycles. The molecule has 0 bridgehead atoms. The predicted octanol–water partition coefficient (Wildman–Crippen LogP) is 5.00. The van der Waals surface area contributed by atoms with E-state index in [0.29, 0.717) is 36.0 Å². The van der Waals surface area contributed by atoms with E-state index in [0.717, 1.165) is 6.42 Å². The van der Waals surface area contributed by atoms with Gasteiger partial charge in [0, 0.05) is 6.42 Å². The van der Waals surface area contributed by atoms with Crippen molar-refractivity contribution in [3.8, 4) is 11.5 Å². The zero-order valence-electron chi connectivity index (χ0n) is 17.0. The Bertz CT molecular complexity index is 1040. The van der Waals surface area contributed by atoms with E-state index in [1.807, 2.05) is 60.7 Å². The lowest BCUT2D eigenvalue weighted by Crippen LogP contribution is -2.34. The quantitative estimate of drug-likeness (QED) is 0.368. The van der Waals surface area contributed by atoms with Crippen molar-refractivity contribution in [3.05, 3.63) is 103 Å². The Labute approximate surface area is 187 Å². The molecule has 158 valence electrons. The molecule has 3 aromatic rings. The summed E-state index contributed by atoms with van der Waals surface area (Å²) in [5.74, 6) is 0.773. The summed E-state index contributed by atoms with van der Waals surface area (Å²) in [6.07, 6.45) is 2.41. The van der Waals surface area contributed by atoms with Gasteiger partial charge in [-0.15, -0.1) is 0 Å². The Balaban J connectivity index is 1.60. The molecule has 0 aliphatic rings. The zero-order chi connectivity index (χ0) is 21.9. The van der Waals surface area contributed by atoms with E-state index < -0.39 is 0 Å². The third-order valence-electron chi connectivity index (χ3n) is 4.34. The average Bonchev–Trinajstić information content (AvgIpc) is 2.79. The SMILES string of the molecule is C=CCOc1ccccc1NC(=S)NC(=O)c1ccccc1OCCc1ccccc1. The zero-order valence-corrected chi connectivity index (χ0v) is 17.9. The summed E-state index contributed by atoms with van der Waals surface area (Å²) < 4.78 is 11.5. The van der Waals surface area contributed by atoms with E-state index in [1.165, 1.54) is 5.56 Å². The minimum Gasteiger partial charge on any atom is -0.492 e. The monoisotopic (exact) mass is 432 g/mol. The molecule has 3 rings (SSSR count). The van der Waals surface area contributed by atoms with E-state index in [2.05, 4.69) is 17.2 Å². The molecule has 31 heavy (non-hydrogen) atoms. The van der Waals surface area contributed by atoms with Gasteiger partial charge >= 0.3 is 0 Å². The first-order valence-electron chi connectivity index (χ1n) is 9.88. The summed E-state index contributed by atoms with van der Waals surface area (Å²) in [7, 11) is 0. The molecule has 0 saturated heterocycles. The van der Waals surface area contributed by atoms with Crippen molar-refractivity contribution >= 4 is 28.9 Å². The fourth-order valence-corrected chi connectivity index (χ4v) is 3.07. The van der Waals surface area contributed by atoms with E-state index in [1.54, 1.807) is 24.3 Å². The van der Waals surface area contributed by atoms with Crippen molar-refractivity contribution in [1.29, 1.82) is 0 Å². The Kier molecular flexibility index (Phi) is 8.20. The summed E-state index contributed by atoms with van der Waals surface area (Å²) in [4.78, 5) is 12.8. The summed E-state index contributed by atoms with van der Waals surface area (Å²) >= 11 is 5.32. The fraction of sp³-hybridized carbons (Fsp3) is 0.120. The highest BCUT2D eigenvalue weighted by atomic mass is 32.1. The molecule has 6 heteroatoms. The minimum absolute atomic E-state index is 0.166. The maximum Gasteiger partial charge on any atom is 0.261 e. The van der Waals surface area contributed by atoms with Crippen LogP contribution in [0.15, 0.2) is 91.5 Å². The van der Waals surface area contributed by atoms with Crippen molar-refractivity contribution in [2.24, 2.45) is 0 Å². The van der Waals surface area contributed by atoms with Gasteiger partial charge in [0.2, 0.25) is 0 Å².